The van der Waals surface area contributed by atoms with Crippen LogP contribution in [-0.2, 0) is 13.1 Å². The molecule has 3 N–H and O–H groups in total. The summed E-state index contributed by atoms with van der Waals surface area (Å²) >= 11 is 3.45. The number of benzene rings is 2. The molecule has 2 rings (SSSR count). The summed E-state index contributed by atoms with van der Waals surface area (Å²) in [7, 11) is 2.01. The van der Waals surface area contributed by atoms with Crippen LogP contribution in [0, 0.1) is 0 Å². The van der Waals surface area contributed by atoms with Crippen LogP contribution < -0.4 is 11.1 Å². The smallest absolute Gasteiger partial charge is 0.248 e. The van der Waals surface area contributed by atoms with Crippen LogP contribution in [-0.4, -0.2) is 30.4 Å². The van der Waals surface area contributed by atoms with Crippen LogP contribution >= 0.6 is 15.9 Å². The second-order valence-corrected chi connectivity index (χ2v) is 6.63. The predicted molar refractivity (Wildman–Crippen MR) is 105 cm³/mol. The molecule has 0 radical (unpaired) electrons. The Bertz CT molecular complexity index is 726. The zero-order chi connectivity index (χ0) is 18.2. The summed E-state index contributed by atoms with van der Waals surface area (Å²) in [6.07, 6.45) is 0. The molecule has 6 heteroatoms. The minimum absolute atomic E-state index is 0.419. The van der Waals surface area contributed by atoms with Gasteiger partial charge in [-0.15, -0.1) is 0 Å². The molecule has 0 aliphatic carbocycles. The Morgan fingerprint density at radius 1 is 1.12 bits per heavy atom. The number of nitrogens with one attached hydrogen (secondary N) is 1. The van der Waals surface area contributed by atoms with Gasteiger partial charge in [-0.05, 0) is 42.3 Å². The van der Waals surface area contributed by atoms with Crippen LogP contribution in [0.5, 0.6) is 0 Å². The average molecular weight is 403 g/mol. The van der Waals surface area contributed by atoms with Gasteiger partial charge in [0.2, 0.25) is 5.91 Å². The number of hydrogen-bond donors (Lipinski definition) is 2. The Kier molecular flexibility index (Phi) is 7.01. The highest BCUT2D eigenvalue weighted by molar-refractivity contribution is 9.10. The topological polar surface area (TPSA) is 70.7 Å². The molecule has 0 aliphatic rings. The zero-order valence-corrected chi connectivity index (χ0v) is 16.1. The highest BCUT2D eigenvalue weighted by atomic mass is 79.9. The number of nitrogens with two attached hydrogens (primary N) is 1. The number of carbonyl (C=O) groups excluding carboxylic acids is 1. The standard InChI is InChI=1S/C19H23BrN4O/c1-3-22-19(24(2)13-15-6-10-17(20)11-7-15)23-12-14-4-8-16(9-5-14)18(21)25/h4-11H,3,12-13H2,1-2H3,(H2,21,25)(H,22,23). The van der Waals surface area contributed by atoms with Crippen LogP contribution in [0.15, 0.2) is 58.0 Å². The van der Waals surface area contributed by atoms with E-state index < -0.39 is 5.91 Å². The number of primary amides is 1. The van der Waals surface area contributed by atoms with Gasteiger partial charge in [-0.1, -0.05) is 40.2 Å². The molecule has 2 aromatic carbocycles. The third-order valence-electron chi connectivity index (χ3n) is 3.68. The normalized spacial score (nSPS) is 11.2. The van der Waals surface area contributed by atoms with Gasteiger partial charge in [0.1, 0.15) is 0 Å². The van der Waals surface area contributed by atoms with Gasteiger partial charge in [-0.2, -0.15) is 0 Å². The molecule has 0 aliphatic heterocycles. The molecule has 0 fully saturated rings. The Labute approximate surface area is 157 Å². The molecule has 0 bridgehead atoms. The molecule has 132 valence electrons. The highest BCUT2D eigenvalue weighted by Crippen LogP contribution is 2.12. The summed E-state index contributed by atoms with van der Waals surface area (Å²) in [5.41, 5.74) is 8.00. The van der Waals surface area contributed by atoms with E-state index in [1.165, 1.54) is 5.56 Å². The average Bonchev–Trinajstić information content (AvgIpc) is 2.60. The maximum absolute atomic E-state index is 11.1. The number of aliphatic imine (C=N–C) groups is 1. The number of hydrogen-bond acceptors (Lipinski definition) is 2. The summed E-state index contributed by atoms with van der Waals surface area (Å²) in [4.78, 5) is 17.9. The van der Waals surface area contributed by atoms with Crippen molar-refractivity contribution in [3.05, 3.63) is 69.7 Å². The lowest BCUT2D eigenvalue weighted by Crippen LogP contribution is -2.38. The second kappa shape index (κ2) is 9.22. The molecule has 0 spiro atoms. The van der Waals surface area contributed by atoms with Crippen molar-refractivity contribution in [3.63, 3.8) is 0 Å². The third-order valence-corrected chi connectivity index (χ3v) is 4.21. The van der Waals surface area contributed by atoms with Crippen molar-refractivity contribution in [1.82, 2.24) is 10.2 Å². The lowest BCUT2D eigenvalue weighted by Gasteiger charge is -2.22. The lowest BCUT2D eigenvalue weighted by molar-refractivity contribution is 0.100. The first kappa shape index (κ1) is 19.0. The monoisotopic (exact) mass is 402 g/mol. The summed E-state index contributed by atoms with van der Waals surface area (Å²) in [6, 6.07) is 15.5. The summed E-state index contributed by atoms with van der Waals surface area (Å²) in [5.74, 6) is 0.419. The van der Waals surface area contributed by atoms with E-state index in [0.29, 0.717) is 12.1 Å². The molecule has 0 saturated carbocycles. The number of nitrogens with zero attached hydrogens (tertiary/aromatic N) is 2. The number of carbonyl (C=O) groups is 1. The van der Waals surface area contributed by atoms with E-state index >= 15 is 0 Å². The molecule has 0 atom stereocenters. The van der Waals surface area contributed by atoms with Gasteiger partial charge in [-0.25, -0.2) is 4.99 Å². The number of guanidine groups is 1. The van der Waals surface area contributed by atoms with Gasteiger partial charge in [0, 0.05) is 30.2 Å². The van der Waals surface area contributed by atoms with Crippen LogP contribution in [0.2, 0.25) is 0 Å². The molecule has 0 saturated heterocycles. The molecular weight excluding hydrogens is 380 g/mol. The van der Waals surface area contributed by atoms with Crippen molar-refractivity contribution in [1.29, 1.82) is 0 Å². The van der Waals surface area contributed by atoms with Gasteiger partial charge >= 0.3 is 0 Å². The van der Waals surface area contributed by atoms with Gasteiger partial charge in [0.25, 0.3) is 0 Å². The van der Waals surface area contributed by atoms with Gasteiger partial charge in [0.15, 0.2) is 5.96 Å². The molecule has 1 amide bonds. The second-order valence-electron chi connectivity index (χ2n) is 5.71. The van der Waals surface area contributed by atoms with Crippen molar-refractivity contribution in [3.8, 4) is 0 Å². The fourth-order valence-electron chi connectivity index (χ4n) is 2.35. The van der Waals surface area contributed by atoms with Crippen molar-refractivity contribution in [2.24, 2.45) is 10.7 Å². The van der Waals surface area contributed by atoms with E-state index in [0.717, 1.165) is 29.1 Å². The maximum Gasteiger partial charge on any atom is 0.248 e. The summed E-state index contributed by atoms with van der Waals surface area (Å²) < 4.78 is 1.07. The molecule has 0 unspecified atom stereocenters. The van der Waals surface area contributed by atoms with Crippen LogP contribution in [0.1, 0.15) is 28.4 Å². The highest BCUT2D eigenvalue weighted by Gasteiger charge is 2.07. The van der Waals surface area contributed by atoms with Crippen LogP contribution in [0.3, 0.4) is 0 Å². The Hall–Kier alpha value is -2.34. The summed E-state index contributed by atoms with van der Waals surface area (Å²) in [6.45, 7) is 4.14. The third kappa shape index (κ3) is 5.90. The fourth-order valence-corrected chi connectivity index (χ4v) is 2.61. The molecular formula is C19H23BrN4O. The number of rotatable bonds is 6. The van der Waals surface area contributed by atoms with Crippen molar-refractivity contribution >= 4 is 27.8 Å². The molecule has 0 aromatic heterocycles. The zero-order valence-electron chi connectivity index (χ0n) is 14.5. The minimum Gasteiger partial charge on any atom is -0.366 e. The van der Waals surface area contributed by atoms with E-state index in [1.807, 2.05) is 38.2 Å². The van der Waals surface area contributed by atoms with Gasteiger partial charge < -0.3 is 16.0 Å². The molecule has 2 aromatic rings. The van der Waals surface area contributed by atoms with E-state index in [2.05, 4.69) is 43.3 Å². The quantitative estimate of drug-likeness (QED) is 0.575. The predicted octanol–water partition coefficient (Wildman–Crippen LogP) is 3.15. The van der Waals surface area contributed by atoms with Crippen molar-refractivity contribution < 1.29 is 4.79 Å². The summed E-state index contributed by atoms with van der Waals surface area (Å²) in [5, 5.41) is 3.31. The van der Waals surface area contributed by atoms with Crippen molar-refractivity contribution in [2.75, 3.05) is 13.6 Å². The molecule has 0 heterocycles. The van der Waals surface area contributed by atoms with Gasteiger partial charge in [-0.3, -0.25) is 4.79 Å². The maximum atomic E-state index is 11.1. The molecule has 5 nitrogen and oxygen atoms in total. The first-order valence-corrected chi connectivity index (χ1v) is 8.91. The lowest BCUT2D eigenvalue weighted by atomic mass is 10.1. The van der Waals surface area contributed by atoms with Gasteiger partial charge in [0.05, 0.1) is 6.54 Å². The van der Waals surface area contributed by atoms with E-state index in [1.54, 1.807) is 12.1 Å². The number of halogens is 1. The van der Waals surface area contributed by atoms with Crippen molar-refractivity contribution in [2.45, 2.75) is 20.0 Å². The van der Waals surface area contributed by atoms with Crippen LogP contribution in [0.4, 0.5) is 0 Å². The first-order chi connectivity index (χ1) is 12.0. The number of amides is 1. The Morgan fingerprint density at radius 3 is 2.28 bits per heavy atom. The SMILES string of the molecule is CCNC(=NCc1ccc(C(N)=O)cc1)N(C)Cc1ccc(Br)cc1. The van der Waals surface area contributed by atoms with Crippen LogP contribution in [0.25, 0.3) is 0 Å². The van der Waals surface area contributed by atoms with E-state index in [4.69, 9.17) is 5.73 Å². The Morgan fingerprint density at radius 2 is 1.72 bits per heavy atom. The molecule has 25 heavy (non-hydrogen) atoms. The fraction of sp³-hybridized carbons (Fsp3) is 0.263. The largest absolute Gasteiger partial charge is 0.366 e. The van der Waals surface area contributed by atoms with E-state index in [9.17, 15) is 4.79 Å². The minimum atomic E-state index is -0.419. The Balaban J connectivity index is 2.05. The van der Waals surface area contributed by atoms with E-state index in [-0.39, 0.29) is 0 Å². The first-order valence-electron chi connectivity index (χ1n) is 8.12.